The molecule has 0 aromatic rings. The standard InChI is InChI=1S/4C10H16O4.C4H8O3S2.4C4H9.2Sn/c4*1-2-3-4-5-8-14-10(13)7-6-9(11)12;5-1-2-7-3(6)4(8)9;4*1-3-4-2;;/h4*6-7H,2-5,8H2,1H3,(H,11,12);4-5,8-9H,1-2H2;4*1,3-4H2,2H3;;/q;;;;;;;;;;+2/p-4/b4*7-6-;;;;;;;. The fraction of sp³-hybridized carbons (Fsp3) is 0.717. The van der Waals surface area contributed by atoms with Gasteiger partial charge in [0.1, 0.15) is 11.2 Å². The second-order valence-corrected chi connectivity index (χ2v) is 27.7. The Bertz CT molecular complexity index is 1450. The number of ether oxygens (including phenoxy) is 5. The van der Waals surface area contributed by atoms with Crippen LogP contribution in [0.4, 0.5) is 0 Å². The predicted octanol–water partition coefficient (Wildman–Crippen LogP) is 7.63. The van der Waals surface area contributed by atoms with Crippen LogP contribution >= 0.6 is 25.3 Å². The molecule has 480 valence electrons. The minimum atomic E-state index is -1.40. The van der Waals surface area contributed by atoms with Gasteiger partial charge in [-0.3, -0.25) is 0 Å². The van der Waals surface area contributed by atoms with Crippen molar-refractivity contribution in [2.45, 2.75) is 232 Å². The second kappa shape index (κ2) is 82.7. The number of hydrogen-bond acceptors (Lipinski definition) is 21. The summed E-state index contributed by atoms with van der Waals surface area (Å²) in [6.07, 6.45) is 34.1. The summed E-state index contributed by atoms with van der Waals surface area (Å²) in [5, 5.41) is 47.8. The molecule has 0 atom stereocenters. The molecule has 19 nitrogen and oxygen atoms in total. The van der Waals surface area contributed by atoms with Crippen LogP contribution in [-0.4, -0.2) is 145 Å². The Hall–Kier alpha value is -3.55. The minimum absolute atomic E-state index is 0.0104. The molecule has 0 unspecified atom stereocenters. The second-order valence-electron chi connectivity index (χ2n) is 17.7. The number of aliphatic carboxylic acids is 4. The predicted molar refractivity (Wildman–Crippen MR) is 327 cm³/mol. The minimum Gasteiger partial charge on any atom is -0.462 e. The van der Waals surface area contributed by atoms with E-state index in [-0.39, 0.29) is 55.5 Å². The Morgan fingerprint density at radius 3 is 0.831 bits per heavy atom. The van der Waals surface area contributed by atoms with Crippen LogP contribution < -0.4 is 20.4 Å². The van der Waals surface area contributed by atoms with Crippen LogP contribution in [0, 0.1) is 0 Å². The molecule has 83 heavy (non-hydrogen) atoms. The third-order valence-electron chi connectivity index (χ3n) is 9.77. The van der Waals surface area contributed by atoms with Gasteiger partial charge >= 0.3 is 169 Å². The van der Waals surface area contributed by atoms with Gasteiger partial charge in [0.25, 0.3) is 0 Å². The molecule has 23 heteroatoms. The van der Waals surface area contributed by atoms with Gasteiger partial charge in [-0.15, -0.1) is 0 Å². The van der Waals surface area contributed by atoms with E-state index in [2.05, 4.69) is 85.4 Å². The number of esters is 5. The summed E-state index contributed by atoms with van der Waals surface area (Å²) in [5.41, 5.74) is 0. The van der Waals surface area contributed by atoms with Gasteiger partial charge in [-0.2, -0.15) is 25.3 Å². The Kier molecular flexibility index (Phi) is 92.8. The molecule has 0 fully saturated rings. The molecule has 0 bridgehead atoms. The number of thiol groups is 2. The van der Waals surface area contributed by atoms with E-state index in [9.17, 15) is 63.6 Å². The maximum Gasteiger partial charge on any atom is 0.328 e. The smallest absolute Gasteiger partial charge is 0.328 e. The number of aliphatic hydroxyl groups is 1. The normalized spacial score (nSPS) is 10.1. The molecule has 0 saturated carbocycles. The molecule has 2 radical (unpaired) electrons. The Morgan fingerprint density at radius 2 is 0.627 bits per heavy atom. The first-order valence-electron chi connectivity index (χ1n) is 29.5. The van der Waals surface area contributed by atoms with Crippen molar-refractivity contribution in [2.24, 2.45) is 0 Å². The molecule has 0 spiro atoms. The number of carbonyl (C=O) groups is 9. The molecular formula is C60H104O19S2Sn2-2. The van der Waals surface area contributed by atoms with Crippen molar-refractivity contribution < 1.29 is 92.4 Å². The molecule has 1 N–H and O–H groups in total. The van der Waals surface area contributed by atoms with E-state index in [1.165, 1.54) is 51.4 Å². The van der Waals surface area contributed by atoms with Crippen molar-refractivity contribution in [3.63, 3.8) is 0 Å². The van der Waals surface area contributed by atoms with Gasteiger partial charge in [0.2, 0.25) is 0 Å². The van der Waals surface area contributed by atoms with Gasteiger partial charge in [-0.05, 0) is 50.0 Å². The molecule has 0 aromatic carbocycles. The first kappa shape index (κ1) is 93.2. The maximum atomic E-state index is 10.8. The molecule has 0 saturated heterocycles. The average Bonchev–Trinajstić information content (AvgIpc) is 3.45. The molecule has 0 aliphatic rings. The van der Waals surface area contributed by atoms with E-state index < -0.39 is 58.3 Å². The molecule has 0 heterocycles. The molecule has 0 aliphatic heterocycles. The van der Waals surface area contributed by atoms with E-state index >= 15 is 0 Å². The number of aliphatic hydroxyl groups excluding tert-OH is 1. The number of carbonyl (C=O) groups excluding carboxylic acids is 9. The van der Waals surface area contributed by atoms with Gasteiger partial charge in [0.05, 0.1) is 56.9 Å². The van der Waals surface area contributed by atoms with Crippen molar-refractivity contribution in [2.75, 3.05) is 39.6 Å². The average molecular weight is 1430 g/mol. The summed E-state index contributed by atoms with van der Waals surface area (Å²) in [5.74, 6) is -8.65. The van der Waals surface area contributed by atoms with Crippen molar-refractivity contribution in [3.8, 4) is 0 Å². The van der Waals surface area contributed by atoms with E-state index in [4.69, 9.17) is 24.1 Å². The number of carboxylic acids is 4. The molecule has 0 aliphatic carbocycles. The summed E-state index contributed by atoms with van der Waals surface area (Å²) in [6, 6.07) is 0. The fourth-order valence-electron chi connectivity index (χ4n) is 5.22. The van der Waals surface area contributed by atoms with E-state index in [0.29, 0.717) is 50.7 Å². The molecule has 0 rings (SSSR count). The molecule has 0 amide bonds. The zero-order valence-electron chi connectivity index (χ0n) is 51.4. The van der Waals surface area contributed by atoms with Gasteiger partial charge in [0, 0.05) is 24.3 Å². The van der Waals surface area contributed by atoms with E-state index in [0.717, 1.165) is 127 Å². The molecule has 0 aromatic heterocycles. The van der Waals surface area contributed by atoms with Gasteiger partial charge < -0.3 is 68.4 Å². The zero-order chi connectivity index (χ0) is 64.4. The summed E-state index contributed by atoms with van der Waals surface area (Å²) in [7, 11) is 0. The van der Waals surface area contributed by atoms with Crippen molar-refractivity contribution in [3.05, 3.63) is 48.6 Å². The maximum absolute atomic E-state index is 10.8. The Morgan fingerprint density at radius 1 is 0.373 bits per heavy atom. The summed E-state index contributed by atoms with van der Waals surface area (Å²) < 4.78 is 29.1. The van der Waals surface area contributed by atoms with Crippen molar-refractivity contribution >= 4 is 121 Å². The van der Waals surface area contributed by atoms with Crippen LogP contribution in [0.2, 0.25) is 17.7 Å². The van der Waals surface area contributed by atoms with Crippen LogP contribution in [0.15, 0.2) is 48.6 Å². The number of rotatable bonds is 43. The van der Waals surface area contributed by atoms with Crippen LogP contribution in [0.1, 0.15) is 209 Å². The third-order valence-corrected chi connectivity index (χ3v) is 18.3. The summed E-state index contributed by atoms with van der Waals surface area (Å²) in [4.78, 5) is 93.2. The Labute approximate surface area is 530 Å². The summed E-state index contributed by atoms with van der Waals surface area (Å²) in [6.45, 7) is 18.7. The first-order chi connectivity index (χ1) is 39.7. The van der Waals surface area contributed by atoms with Crippen molar-refractivity contribution in [1.29, 1.82) is 0 Å². The zero-order valence-corrected chi connectivity index (χ0v) is 58.9. The van der Waals surface area contributed by atoms with Gasteiger partial charge in [-0.25, -0.2) is 24.0 Å². The van der Waals surface area contributed by atoms with E-state index in [1.807, 2.05) is 0 Å². The van der Waals surface area contributed by atoms with Crippen LogP contribution in [0.3, 0.4) is 0 Å². The SMILES string of the molecule is CCCCCCOC(=O)/C=C\C(=O)[O-].CCCCCCOC(=O)/C=C\C(=O)[O-].CCCCCCOC(=O)/C=C\C(=O)[O-].CCCCCCOC(=O)/C=C\C(=O)[O-].CCC[CH2][Sn+2][CH2]CCC.CCC[CH2][Sn][CH2]CCC.O=C(OCCO)C(S)S. The van der Waals surface area contributed by atoms with Crippen LogP contribution in [-0.2, 0) is 66.8 Å². The van der Waals surface area contributed by atoms with Crippen LogP contribution in [0.25, 0.3) is 0 Å². The van der Waals surface area contributed by atoms with Crippen LogP contribution in [0.5, 0.6) is 0 Å². The first-order valence-corrected chi connectivity index (χ1v) is 38.6. The fourth-order valence-corrected chi connectivity index (χ4v) is 13.7. The monoisotopic (exact) mass is 1430 g/mol. The number of hydrogen-bond donors (Lipinski definition) is 3. The third kappa shape index (κ3) is 110. The summed E-state index contributed by atoms with van der Waals surface area (Å²) >= 11 is 7.65. The van der Waals surface area contributed by atoms with Gasteiger partial charge in [-0.1, -0.05) is 105 Å². The molecular weight excluding hydrogens is 1330 g/mol. The quantitative estimate of drug-likeness (QED) is 0.0100. The number of carboxylic acid groups (broad SMARTS) is 4. The van der Waals surface area contributed by atoms with Gasteiger partial charge in [0.15, 0.2) is 0 Å². The van der Waals surface area contributed by atoms with Crippen molar-refractivity contribution in [1.82, 2.24) is 0 Å². The number of unbranched alkanes of at least 4 members (excludes halogenated alkanes) is 16. The Balaban J connectivity index is -0.000000164. The topological polar surface area (TPSA) is 312 Å². The van der Waals surface area contributed by atoms with E-state index in [1.54, 1.807) is 17.7 Å². The largest absolute Gasteiger partial charge is 0.462 e.